The van der Waals surface area contributed by atoms with Crippen molar-refractivity contribution in [2.24, 2.45) is 4.99 Å². The normalized spacial score (nSPS) is 15.6. The number of anilines is 1. The van der Waals surface area contributed by atoms with Crippen LogP contribution in [0.2, 0.25) is 5.02 Å². The number of rotatable bonds is 5. The van der Waals surface area contributed by atoms with Crippen molar-refractivity contribution < 1.29 is 4.74 Å². The molecule has 0 saturated carbocycles. The molecule has 4 heteroatoms. The molecule has 1 aliphatic heterocycles. The van der Waals surface area contributed by atoms with Crippen LogP contribution in [-0.4, -0.2) is 19.4 Å². The summed E-state index contributed by atoms with van der Waals surface area (Å²) in [5.74, 6) is 0.821. The van der Waals surface area contributed by atoms with Gasteiger partial charge in [-0.25, -0.2) is 0 Å². The standard InChI is InChI=1S/C24H21ClN2O/c1-3-15-28-20-12-9-18(10-13-20)24-26-23(17-7-5-4-6-8-17)21-16-19(25)11-14-22(21)27(24)2/h3-14,16,24H,1,15H2,2H3. The largest absolute Gasteiger partial charge is 0.490 e. The van der Waals surface area contributed by atoms with Crippen LogP contribution in [0.5, 0.6) is 5.75 Å². The summed E-state index contributed by atoms with van der Waals surface area (Å²) in [7, 11) is 2.06. The Kier molecular flexibility index (Phi) is 5.18. The lowest BCUT2D eigenvalue weighted by atomic mass is 9.96. The minimum atomic E-state index is -0.127. The molecular formula is C24H21ClN2O. The van der Waals surface area contributed by atoms with Crippen LogP contribution in [0.4, 0.5) is 5.69 Å². The molecule has 0 saturated heterocycles. The van der Waals surface area contributed by atoms with E-state index in [1.54, 1.807) is 6.08 Å². The molecule has 0 bridgehead atoms. The quantitative estimate of drug-likeness (QED) is 0.509. The van der Waals surface area contributed by atoms with Gasteiger partial charge in [-0.3, -0.25) is 4.99 Å². The number of hydrogen-bond acceptors (Lipinski definition) is 3. The molecule has 3 aromatic rings. The number of benzene rings is 3. The summed E-state index contributed by atoms with van der Waals surface area (Å²) in [6, 6.07) is 24.3. The van der Waals surface area contributed by atoms with Gasteiger partial charge in [0.25, 0.3) is 0 Å². The molecule has 3 aromatic carbocycles. The van der Waals surface area contributed by atoms with E-state index in [0.29, 0.717) is 11.6 Å². The van der Waals surface area contributed by atoms with Gasteiger partial charge < -0.3 is 9.64 Å². The Bertz CT molecular complexity index is 1010. The van der Waals surface area contributed by atoms with Crippen LogP contribution in [0.3, 0.4) is 0 Å². The molecule has 0 amide bonds. The van der Waals surface area contributed by atoms with Gasteiger partial charge in [0.05, 0.1) is 5.71 Å². The molecule has 1 heterocycles. The molecule has 0 radical (unpaired) electrons. The molecule has 1 atom stereocenters. The van der Waals surface area contributed by atoms with E-state index in [9.17, 15) is 0 Å². The van der Waals surface area contributed by atoms with Crippen molar-refractivity contribution in [3.05, 3.63) is 107 Å². The molecule has 1 unspecified atom stereocenters. The van der Waals surface area contributed by atoms with E-state index in [4.69, 9.17) is 21.3 Å². The molecule has 3 nitrogen and oxygen atoms in total. The molecular weight excluding hydrogens is 368 g/mol. The average molecular weight is 389 g/mol. The number of aliphatic imine (C=N–C) groups is 1. The van der Waals surface area contributed by atoms with Crippen molar-refractivity contribution in [1.82, 2.24) is 0 Å². The Hall–Kier alpha value is -3.04. The fourth-order valence-electron chi connectivity index (χ4n) is 3.43. The van der Waals surface area contributed by atoms with Crippen LogP contribution < -0.4 is 9.64 Å². The predicted octanol–water partition coefficient (Wildman–Crippen LogP) is 5.89. The maximum absolute atomic E-state index is 6.30. The van der Waals surface area contributed by atoms with E-state index in [0.717, 1.165) is 33.8 Å². The van der Waals surface area contributed by atoms with Gasteiger partial charge in [-0.1, -0.05) is 66.7 Å². The van der Waals surface area contributed by atoms with Crippen LogP contribution in [0.25, 0.3) is 0 Å². The predicted molar refractivity (Wildman–Crippen MR) is 117 cm³/mol. The number of ether oxygens (including phenoxy) is 1. The summed E-state index contributed by atoms with van der Waals surface area (Å²) >= 11 is 6.30. The monoisotopic (exact) mass is 388 g/mol. The third-order valence-electron chi connectivity index (χ3n) is 4.81. The maximum atomic E-state index is 6.30. The van der Waals surface area contributed by atoms with Crippen molar-refractivity contribution in [3.8, 4) is 5.75 Å². The topological polar surface area (TPSA) is 24.8 Å². The van der Waals surface area contributed by atoms with Crippen molar-refractivity contribution in [3.63, 3.8) is 0 Å². The molecule has 0 fully saturated rings. The van der Waals surface area contributed by atoms with Crippen molar-refractivity contribution in [2.45, 2.75) is 6.17 Å². The van der Waals surface area contributed by atoms with E-state index >= 15 is 0 Å². The second-order valence-electron chi connectivity index (χ2n) is 6.66. The van der Waals surface area contributed by atoms with Crippen molar-refractivity contribution in [1.29, 1.82) is 0 Å². The van der Waals surface area contributed by atoms with Crippen LogP contribution in [0.15, 0.2) is 90.4 Å². The summed E-state index contributed by atoms with van der Waals surface area (Å²) in [6.07, 6.45) is 1.61. The SMILES string of the molecule is C=CCOc1ccc(C2N=C(c3ccccc3)c3cc(Cl)ccc3N2C)cc1. The van der Waals surface area contributed by atoms with Crippen LogP contribution in [-0.2, 0) is 0 Å². The first-order valence-corrected chi connectivity index (χ1v) is 9.55. The lowest BCUT2D eigenvalue weighted by Gasteiger charge is -2.34. The second kappa shape index (κ2) is 7.91. The van der Waals surface area contributed by atoms with Gasteiger partial charge in [0, 0.05) is 28.9 Å². The lowest BCUT2D eigenvalue weighted by Crippen LogP contribution is -2.30. The minimum Gasteiger partial charge on any atom is -0.490 e. The molecule has 4 rings (SSSR count). The highest BCUT2D eigenvalue weighted by Gasteiger charge is 2.27. The van der Waals surface area contributed by atoms with Crippen molar-refractivity contribution in [2.75, 3.05) is 18.6 Å². The summed E-state index contributed by atoms with van der Waals surface area (Å²) in [5.41, 5.74) is 5.28. The minimum absolute atomic E-state index is 0.127. The highest BCUT2D eigenvalue weighted by molar-refractivity contribution is 6.31. The maximum Gasteiger partial charge on any atom is 0.147 e. The summed E-state index contributed by atoms with van der Waals surface area (Å²) in [4.78, 5) is 7.28. The zero-order valence-corrected chi connectivity index (χ0v) is 16.4. The van der Waals surface area contributed by atoms with Crippen LogP contribution in [0, 0.1) is 0 Å². The first-order chi connectivity index (χ1) is 13.7. The number of fused-ring (bicyclic) bond motifs is 1. The van der Waals surface area contributed by atoms with Crippen LogP contribution >= 0.6 is 11.6 Å². The summed E-state index contributed by atoms with van der Waals surface area (Å²) < 4.78 is 5.60. The van der Waals surface area contributed by atoms with E-state index in [1.807, 2.05) is 42.5 Å². The molecule has 28 heavy (non-hydrogen) atoms. The summed E-state index contributed by atoms with van der Waals surface area (Å²) in [6.45, 7) is 4.18. The fourth-order valence-corrected chi connectivity index (χ4v) is 3.60. The summed E-state index contributed by atoms with van der Waals surface area (Å²) in [5, 5.41) is 0.706. The van der Waals surface area contributed by atoms with Gasteiger partial charge in [0.1, 0.15) is 18.5 Å². The highest BCUT2D eigenvalue weighted by atomic mass is 35.5. The van der Waals surface area contributed by atoms with E-state index in [1.165, 1.54) is 0 Å². The third-order valence-corrected chi connectivity index (χ3v) is 5.04. The Balaban J connectivity index is 1.78. The fraction of sp³-hybridized carbons (Fsp3) is 0.125. The molecule has 0 aliphatic carbocycles. The number of nitrogens with zero attached hydrogens (tertiary/aromatic N) is 2. The van der Waals surface area contributed by atoms with Crippen molar-refractivity contribution >= 4 is 23.0 Å². The van der Waals surface area contributed by atoms with Gasteiger partial charge in [-0.15, -0.1) is 0 Å². The molecule has 0 N–H and O–H groups in total. The first-order valence-electron chi connectivity index (χ1n) is 9.17. The average Bonchev–Trinajstić information content (AvgIpc) is 2.73. The molecule has 0 aromatic heterocycles. The molecule has 1 aliphatic rings. The van der Waals surface area contributed by atoms with E-state index in [2.05, 4.69) is 48.9 Å². The van der Waals surface area contributed by atoms with Gasteiger partial charge in [-0.2, -0.15) is 0 Å². The second-order valence-corrected chi connectivity index (χ2v) is 7.09. The first kappa shape index (κ1) is 18.3. The number of halogens is 1. The third kappa shape index (κ3) is 3.54. The van der Waals surface area contributed by atoms with Gasteiger partial charge >= 0.3 is 0 Å². The van der Waals surface area contributed by atoms with Gasteiger partial charge in [-0.05, 0) is 35.9 Å². The Labute approximate surface area is 170 Å². The van der Waals surface area contributed by atoms with Gasteiger partial charge in [0.2, 0.25) is 0 Å². The lowest BCUT2D eigenvalue weighted by molar-refractivity contribution is 0.363. The molecule has 140 valence electrons. The zero-order chi connectivity index (χ0) is 19.5. The van der Waals surface area contributed by atoms with Crippen LogP contribution in [0.1, 0.15) is 22.9 Å². The Morgan fingerprint density at radius 2 is 1.82 bits per heavy atom. The highest BCUT2D eigenvalue weighted by Crippen LogP contribution is 2.38. The number of hydrogen-bond donors (Lipinski definition) is 0. The van der Waals surface area contributed by atoms with Gasteiger partial charge in [0.15, 0.2) is 0 Å². The zero-order valence-electron chi connectivity index (χ0n) is 15.7. The Morgan fingerprint density at radius 3 is 2.54 bits per heavy atom. The molecule has 0 spiro atoms. The Morgan fingerprint density at radius 1 is 1.07 bits per heavy atom. The smallest absolute Gasteiger partial charge is 0.147 e. The van der Waals surface area contributed by atoms with E-state index < -0.39 is 0 Å². The van der Waals surface area contributed by atoms with E-state index in [-0.39, 0.29) is 6.17 Å².